The van der Waals surface area contributed by atoms with Gasteiger partial charge >= 0.3 is 17.8 Å². The van der Waals surface area contributed by atoms with Crippen LogP contribution in [-0.2, 0) is 28.8 Å². The highest BCUT2D eigenvalue weighted by Gasteiger charge is 2.40. The fourth-order valence-corrected chi connectivity index (χ4v) is 2.44. The number of amides is 1. The van der Waals surface area contributed by atoms with E-state index in [0.29, 0.717) is 10.3 Å². The summed E-state index contributed by atoms with van der Waals surface area (Å²) in [6.07, 6.45) is -0.530. The van der Waals surface area contributed by atoms with E-state index in [9.17, 15) is 14.4 Å². The third kappa shape index (κ3) is 4.77. The maximum atomic E-state index is 12.0. The predicted molar refractivity (Wildman–Crippen MR) is 81.9 cm³/mol. The number of esters is 1. The van der Waals surface area contributed by atoms with Gasteiger partial charge in [0.25, 0.3) is 0 Å². The minimum Gasteiger partial charge on any atom is -0.450 e. The summed E-state index contributed by atoms with van der Waals surface area (Å²) < 4.78 is 4.74. The van der Waals surface area contributed by atoms with Crippen LogP contribution >= 0.6 is 35.4 Å². The molecule has 1 amide bonds. The molecule has 2 aliphatic rings. The van der Waals surface area contributed by atoms with Crippen LogP contribution in [0.4, 0.5) is 0 Å². The molecule has 2 aliphatic heterocycles. The molecule has 2 rings (SSSR count). The molecule has 126 valence electrons. The van der Waals surface area contributed by atoms with Crippen LogP contribution in [0.15, 0.2) is 10.6 Å². The van der Waals surface area contributed by atoms with Crippen LogP contribution in [-0.4, -0.2) is 46.8 Å². The smallest absolute Gasteiger partial charge is 0.375 e. The average Bonchev–Trinajstić information content (AvgIpc) is 3.08. The molecule has 2 heterocycles. The summed E-state index contributed by atoms with van der Waals surface area (Å²) in [6.45, 7) is -0.0844. The van der Waals surface area contributed by atoms with Gasteiger partial charge < -0.3 is 14.9 Å². The van der Waals surface area contributed by atoms with Gasteiger partial charge in [-0.15, -0.1) is 0 Å². The van der Waals surface area contributed by atoms with Gasteiger partial charge in [-0.1, -0.05) is 35.4 Å². The van der Waals surface area contributed by atoms with Crippen molar-refractivity contribution in [2.45, 2.75) is 31.4 Å². The minimum absolute atomic E-state index is 0.0844. The van der Waals surface area contributed by atoms with Crippen molar-refractivity contribution >= 4 is 58.3 Å². The van der Waals surface area contributed by atoms with Crippen LogP contribution in [0.5, 0.6) is 0 Å². The van der Waals surface area contributed by atoms with E-state index < -0.39 is 30.0 Å². The zero-order valence-electron chi connectivity index (χ0n) is 11.6. The molecule has 0 aliphatic carbocycles. The highest BCUT2D eigenvalue weighted by atomic mass is 35.5. The van der Waals surface area contributed by atoms with Gasteiger partial charge in [0.05, 0.1) is 4.99 Å². The maximum absolute atomic E-state index is 12.0. The summed E-state index contributed by atoms with van der Waals surface area (Å²) >= 11 is 16.2. The standard InChI is InChI=1S/C12H12Cl2N2O6S/c13-4-6(14)3-9(23)15-7-5-20-16(11(7)18)22-12(19)8-1-2-10(17)21-8/h4,7-8H,1-3,5H2,(H,15,23)/t7-,8?/m0/s1. The molecule has 1 N–H and O–H groups in total. The molecule has 0 aromatic rings. The molecule has 0 aromatic carbocycles. The maximum Gasteiger partial charge on any atom is 0.375 e. The lowest BCUT2D eigenvalue weighted by atomic mass is 10.2. The Balaban J connectivity index is 1.83. The summed E-state index contributed by atoms with van der Waals surface area (Å²) in [5.41, 5.74) is 1.17. The molecule has 0 bridgehead atoms. The number of hydrogen-bond acceptors (Lipinski definition) is 7. The number of nitrogens with one attached hydrogen (secondary N) is 1. The second-order valence-electron chi connectivity index (χ2n) is 4.67. The molecule has 0 spiro atoms. The molecule has 0 radical (unpaired) electrons. The van der Waals surface area contributed by atoms with Crippen LogP contribution < -0.4 is 5.32 Å². The molecule has 2 saturated heterocycles. The quantitative estimate of drug-likeness (QED) is 0.553. The van der Waals surface area contributed by atoms with Gasteiger partial charge in [-0.05, 0) is 5.23 Å². The molecule has 23 heavy (non-hydrogen) atoms. The van der Waals surface area contributed by atoms with Crippen molar-refractivity contribution in [1.82, 2.24) is 10.5 Å². The Kier molecular flexibility index (Phi) is 6.17. The van der Waals surface area contributed by atoms with Gasteiger partial charge in [-0.2, -0.15) is 0 Å². The zero-order chi connectivity index (χ0) is 17.0. The van der Waals surface area contributed by atoms with Crippen molar-refractivity contribution in [3.8, 4) is 0 Å². The van der Waals surface area contributed by atoms with E-state index in [4.69, 9.17) is 49.8 Å². The Labute approximate surface area is 146 Å². The molecule has 2 fully saturated rings. The van der Waals surface area contributed by atoms with Crippen molar-refractivity contribution in [3.63, 3.8) is 0 Å². The Morgan fingerprint density at radius 3 is 2.87 bits per heavy atom. The Morgan fingerprint density at radius 2 is 2.26 bits per heavy atom. The van der Waals surface area contributed by atoms with Gasteiger partial charge in [0.15, 0.2) is 0 Å². The lowest BCUT2D eigenvalue weighted by Crippen LogP contribution is -2.43. The number of nitrogens with zero attached hydrogens (tertiary/aromatic N) is 1. The minimum atomic E-state index is -1.03. The number of cyclic esters (lactones) is 1. The monoisotopic (exact) mass is 382 g/mol. The van der Waals surface area contributed by atoms with Gasteiger partial charge in [0.2, 0.25) is 6.10 Å². The summed E-state index contributed by atoms with van der Waals surface area (Å²) in [7, 11) is 0. The molecular weight excluding hydrogens is 371 g/mol. The van der Waals surface area contributed by atoms with Crippen molar-refractivity contribution in [2.24, 2.45) is 0 Å². The van der Waals surface area contributed by atoms with Crippen molar-refractivity contribution in [3.05, 3.63) is 10.6 Å². The topological polar surface area (TPSA) is 94.2 Å². The highest BCUT2D eigenvalue weighted by Crippen LogP contribution is 2.18. The van der Waals surface area contributed by atoms with Crippen LogP contribution in [0.3, 0.4) is 0 Å². The largest absolute Gasteiger partial charge is 0.450 e. The number of carbonyl (C=O) groups excluding carboxylic acids is 3. The SMILES string of the molecule is O=C1CCC(C(=O)ON2OC[C@H](NC(=S)CC(Cl)=CCl)C2=O)O1. The van der Waals surface area contributed by atoms with Crippen molar-refractivity contribution in [2.75, 3.05) is 6.61 Å². The van der Waals surface area contributed by atoms with Gasteiger partial charge in [-0.3, -0.25) is 9.59 Å². The van der Waals surface area contributed by atoms with Crippen molar-refractivity contribution in [1.29, 1.82) is 0 Å². The number of hydrogen-bond donors (Lipinski definition) is 1. The van der Waals surface area contributed by atoms with E-state index >= 15 is 0 Å². The lowest BCUT2D eigenvalue weighted by molar-refractivity contribution is -0.306. The van der Waals surface area contributed by atoms with Gasteiger partial charge in [0.1, 0.15) is 12.6 Å². The van der Waals surface area contributed by atoms with E-state index in [0.717, 1.165) is 0 Å². The van der Waals surface area contributed by atoms with Crippen LogP contribution in [0.1, 0.15) is 19.3 Å². The Morgan fingerprint density at radius 1 is 1.52 bits per heavy atom. The number of hydroxylamine groups is 2. The first-order chi connectivity index (χ1) is 10.9. The van der Waals surface area contributed by atoms with Gasteiger partial charge in [0, 0.05) is 29.8 Å². The normalized spacial score (nSPS) is 24.6. The zero-order valence-corrected chi connectivity index (χ0v) is 13.9. The van der Waals surface area contributed by atoms with E-state index in [1.54, 1.807) is 0 Å². The molecular formula is C12H12Cl2N2O6S. The van der Waals surface area contributed by atoms with E-state index in [1.165, 1.54) is 5.54 Å². The fraction of sp³-hybridized carbons (Fsp3) is 0.500. The summed E-state index contributed by atoms with van der Waals surface area (Å²) in [4.78, 5) is 44.8. The number of rotatable bonds is 5. The van der Waals surface area contributed by atoms with E-state index in [-0.39, 0.29) is 30.9 Å². The van der Waals surface area contributed by atoms with E-state index in [1.807, 2.05) is 0 Å². The first-order valence-corrected chi connectivity index (χ1v) is 7.75. The summed E-state index contributed by atoms with van der Waals surface area (Å²) in [6, 6.07) is -0.818. The molecule has 0 aromatic heterocycles. The van der Waals surface area contributed by atoms with Crippen LogP contribution in [0.2, 0.25) is 0 Å². The highest BCUT2D eigenvalue weighted by molar-refractivity contribution is 7.80. The lowest BCUT2D eigenvalue weighted by Gasteiger charge is -2.15. The number of carbonyl (C=O) groups is 3. The molecule has 11 heteroatoms. The number of thiocarbonyl (C=S) groups is 1. The number of ether oxygens (including phenoxy) is 1. The second-order valence-corrected chi connectivity index (χ2v) is 5.87. The van der Waals surface area contributed by atoms with Crippen LogP contribution in [0, 0.1) is 0 Å². The predicted octanol–water partition coefficient (Wildman–Crippen LogP) is 0.919. The van der Waals surface area contributed by atoms with Gasteiger partial charge in [-0.25, -0.2) is 9.63 Å². The molecule has 0 saturated carbocycles. The third-order valence-electron chi connectivity index (χ3n) is 2.94. The second kappa shape index (κ2) is 7.91. The molecule has 1 unspecified atom stereocenters. The molecule has 2 atom stereocenters. The number of halogens is 2. The summed E-state index contributed by atoms with van der Waals surface area (Å²) in [5, 5.41) is 3.49. The Bertz CT molecular complexity index is 570. The first-order valence-electron chi connectivity index (χ1n) is 6.53. The molecule has 8 nitrogen and oxygen atoms in total. The average molecular weight is 383 g/mol. The Hall–Kier alpha value is -1.42. The fourth-order valence-electron chi connectivity index (χ4n) is 1.85. The summed E-state index contributed by atoms with van der Waals surface area (Å²) in [5.74, 6) is -2.01. The first kappa shape index (κ1) is 17.9. The third-order valence-corrected chi connectivity index (χ3v) is 3.82. The van der Waals surface area contributed by atoms with Crippen LogP contribution in [0.25, 0.3) is 0 Å². The van der Waals surface area contributed by atoms with Crippen molar-refractivity contribution < 1.29 is 28.8 Å². The van der Waals surface area contributed by atoms with E-state index in [2.05, 4.69) is 5.32 Å².